The molecule has 7 heteroatoms. The van der Waals surface area contributed by atoms with E-state index in [9.17, 15) is 4.79 Å². The van der Waals surface area contributed by atoms with Crippen LogP contribution in [-0.2, 0) is 4.79 Å². The average molecular weight is 276 g/mol. The molecule has 1 aliphatic rings. The number of nitrogens with one attached hydrogen (secondary N) is 2. The molecule has 0 spiro atoms. The Morgan fingerprint density at radius 2 is 2.32 bits per heavy atom. The Morgan fingerprint density at radius 3 is 3.05 bits per heavy atom. The SMILES string of the molecule is Cc1nsc(Nc2ccc3c(c2)NC(=O)C(C)O3)n1. The summed E-state index contributed by atoms with van der Waals surface area (Å²) in [4.78, 5) is 15.8. The number of carbonyl (C=O) groups is 1. The molecule has 98 valence electrons. The van der Waals surface area contributed by atoms with E-state index in [1.54, 1.807) is 6.92 Å². The fraction of sp³-hybridized carbons (Fsp3) is 0.250. The summed E-state index contributed by atoms with van der Waals surface area (Å²) in [7, 11) is 0. The van der Waals surface area contributed by atoms with Crippen LogP contribution in [0.2, 0.25) is 0 Å². The minimum Gasteiger partial charge on any atom is -0.479 e. The minimum absolute atomic E-state index is 0.142. The zero-order valence-corrected chi connectivity index (χ0v) is 11.2. The van der Waals surface area contributed by atoms with Crippen molar-refractivity contribution in [3.63, 3.8) is 0 Å². The average Bonchev–Trinajstić information content (AvgIpc) is 2.77. The number of aryl methyl sites for hydroxylation is 1. The number of hydrogen-bond donors (Lipinski definition) is 2. The fourth-order valence-electron chi connectivity index (χ4n) is 1.76. The maximum absolute atomic E-state index is 11.6. The monoisotopic (exact) mass is 276 g/mol. The first-order valence-corrected chi connectivity index (χ1v) is 6.58. The van der Waals surface area contributed by atoms with Crippen molar-refractivity contribution in [1.82, 2.24) is 9.36 Å². The van der Waals surface area contributed by atoms with Crippen LogP contribution < -0.4 is 15.4 Å². The van der Waals surface area contributed by atoms with Crippen LogP contribution in [0.15, 0.2) is 18.2 Å². The summed E-state index contributed by atoms with van der Waals surface area (Å²) in [6.07, 6.45) is -0.461. The quantitative estimate of drug-likeness (QED) is 0.880. The Morgan fingerprint density at radius 1 is 1.47 bits per heavy atom. The van der Waals surface area contributed by atoms with Gasteiger partial charge in [-0.05, 0) is 32.0 Å². The van der Waals surface area contributed by atoms with Gasteiger partial charge in [0.25, 0.3) is 5.91 Å². The first kappa shape index (κ1) is 11.9. The summed E-state index contributed by atoms with van der Waals surface area (Å²) in [5.41, 5.74) is 1.49. The lowest BCUT2D eigenvalue weighted by molar-refractivity contribution is -0.122. The molecule has 0 fully saturated rings. The molecule has 0 aliphatic carbocycles. The van der Waals surface area contributed by atoms with Crippen molar-refractivity contribution in [2.75, 3.05) is 10.6 Å². The lowest BCUT2D eigenvalue weighted by Crippen LogP contribution is -2.34. The van der Waals surface area contributed by atoms with Gasteiger partial charge in [0.05, 0.1) is 5.69 Å². The van der Waals surface area contributed by atoms with E-state index < -0.39 is 6.10 Å². The van der Waals surface area contributed by atoms with Gasteiger partial charge in [-0.25, -0.2) is 4.98 Å². The highest BCUT2D eigenvalue weighted by Crippen LogP contribution is 2.33. The van der Waals surface area contributed by atoms with Crippen molar-refractivity contribution in [2.45, 2.75) is 20.0 Å². The molecule has 6 nitrogen and oxygen atoms in total. The second kappa shape index (κ2) is 4.51. The molecule has 0 saturated carbocycles. The zero-order chi connectivity index (χ0) is 13.4. The van der Waals surface area contributed by atoms with Crippen LogP contribution in [0.3, 0.4) is 0 Å². The van der Waals surface area contributed by atoms with Crippen LogP contribution in [0.25, 0.3) is 0 Å². The highest BCUT2D eigenvalue weighted by Gasteiger charge is 2.23. The third-order valence-electron chi connectivity index (χ3n) is 2.69. The summed E-state index contributed by atoms with van der Waals surface area (Å²) < 4.78 is 9.58. The van der Waals surface area contributed by atoms with Gasteiger partial charge in [-0.3, -0.25) is 4.79 Å². The van der Waals surface area contributed by atoms with Gasteiger partial charge in [-0.1, -0.05) is 0 Å². The zero-order valence-electron chi connectivity index (χ0n) is 10.4. The van der Waals surface area contributed by atoms with E-state index >= 15 is 0 Å². The van der Waals surface area contributed by atoms with Gasteiger partial charge in [0, 0.05) is 17.2 Å². The molecule has 0 radical (unpaired) electrons. The second-order valence-corrected chi connectivity index (χ2v) is 4.98. The number of ether oxygens (including phenoxy) is 1. The Kier molecular flexibility index (Phi) is 2.83. The van der Waals surface area contributed by atoms with Gasteiger partial charge in [-0.2, -0.15) is 4.37 Å². The van der Waals surface area contributed by atoms with Gasteiger partial charge in [-0.15, -0.1) is 0 Å². The molecule has 1 atom stereocenters. The van der Waals surface area contributed by atoms with E-state index in [0.717, 1.165) is 11.5 Å². The maximum Gasteiger partial charge on any atom is 0.265 e. The molecule has 0 bridgehead atoms. The maximum atomic E-state index is 11.6. The van der Waals surface area contributed by atoms with Crippen molar-refractivity contribution in [3.8, 4) is 5.75 Å². The summed E-state index contributed by atoms with van der Waals surface area (Å²) in [5, 5.41) is 6.66. The molecule has 1 aromatic heterocycles. The van der Waals surface area contributed by atoms with Crippen LogP contribution in [0.1, 0.15) is 12.7 Å². The van der Waals surface area contributed by atoms with Gasteiger partial charge in [0.15, 0.2) is 6.10 Å². The summed E-state index contributed by atoms with van der Waals surface area (Å²) in [5.74, 6) is 1.26. The summed E-state index contributed by atoms with van der Waals surface area (Å²) in [6, 6.07) is 5.51. The van der Waals surface area contributed by atoms with E-state index in [-0.39, 0.29) is 5.91 Å². The molecule has 1 aliphatic heterocycles. The molecule has 2 aromatic rings. The first-order valence-electron chi connectivity index (χ1n) is 5.81. The van der Waals surface area contributed by atoms with E-state index in [2.05, 4.69) is 20.0 Å². The third kappa shape index (κ3) is 2.37. The predicted molar refractivity (Wildman–Crippen MR) is 73.1 cm³/mol. The van der Waals surface area contributed by atoms with Crippen molar-refractivity contribution < 1.29 is 9.53 Å². The number of amides is 1. The van der Waals surface area contributed by atoms with E-state index in [4.69, 9.17) is 4.74 Å². The Hall–Kier alpha value is -2.15. The van der Waals surface area contributed by atoms with E-state index in [1.807, 2.05) is 25.1 Å². The number of anilines is 3. The van der Waals surface area contributed by atoms with Crippen molar-refractivity contribution >= 4 is 33.9 Å². The number of hydrogen-bond acceptors (Lipinski definition) is 6. The molecule has 2 heterocycles. The summed E-state index contributed by atoms with van der Waals surface area (Å²) in [6.45, 7) is 3.55. The normalized spacial score (nSPS) is 17.4. The Balaban J connectivity index is 1.85. The van der Waals surface area contributed by atoms with Gasteiger partial charge in [0.1, 0.15) is 11.6 Å². The molecule has 1 amide bonds. The Labute approximate surface area is 114 Å². The molecular weight excluding hydrogens is 264 g/mol. The lowest BCUT2D eigenvalue weighted by Gasteiger charge is -2.23. The second-order valence-electron chi connectivity index (χ2n) is 4.23. The van der Waals surface area contributed by atoms with Crippen LogP contribution in [0.5, 0.6) is 5.75 Å². The molecular formula is C12H12N4O2S. The fourth-order valence-corrected chi connectivity index (χ4v) is 2.35. The van der Waals surface area contributed by atoms with Crippen molar-refractivity contribution in [1.29, 1.82) is 0 Å². The van der Waals surface area contributed by atoms with Gasteiger partial charge in [0.2, 0.25) is 5.13 Å². The van der Waals surface area contributed by atoms with Crippen molar-refractivity contribution in [3.05, 3.63) is 24.0 Å². The molecule has 1 unspecified atom stereocenters. The number of benzene rings is 1. The first-order chi connectivity index (χ1) is 9.11. The minimum atomic E-state index is -0.461. The number of aromatic nitrogens is 2. The molecule has 0 saturated heterocycles. The van der Waals surface area contributed by atoms with E-state index in [1.165, 1.54) is 11.5 Å². The molecule has 19 heavy (non-hydrogen) atoms. The van der Waals surface area contributed by atoms with E-state index in [0.29, 0.717) is 16.6 Å². The standard InChI is InChI=1S/C12H12N4O2S/c1-6-11(17)15-9-5-8(3-4-10(9)18-6)14-12-13-7(2)16-19-12/h3-6H,1-2H3,(H,15,17)(H,13,14,16). The highest BCUT2D eigenvalue weighted by atomic mass is 32.1. The van der Waals surface area contributed by atoms with Crippen LogP contribution in [0.4, 0.5) is 16.5 Å². The van der Waals surface area contributed by atoms with Crippen LogP contribution >= 0.6 is 11.5 Å². The molecule has 2 N–H and O–H groups in total. The topological polar surface area (TPSA) is 76.1 Å². The van der Waals surface area contributed by atoms with Gasteiger partial charge >= 0.3 is 0 Å². The van der Waals surface area contributed by atoms with Gasteiger partial charge < -0.3 is 15.4 Å². The molecule has 3 rings (SSSR count). The smallest absolute Gasteiger partial charge is 0.265 e. The number of carbonyl (C=O) groups excluding carboxylic acids is 1. The van der Waals surface area contributed by atoms with Crippen LogP contribution in [-0.4, -0.2) is 21.4 Å². The predicted octanol–water partition coefficient (Wildman–Crippen LogP) is 2.31. The highest BCUT2D eigenvalue weighted by molar-refractivity contribution is 7.09. The Bertz CT molecular complexity index is 640. The van der Waals surface area contributed by atoms with Crippen LogP contribution in [0, 0.1) is 6.92 Å². The lowest BCUT2D eigenvalue weighted by atomic mass is 10.2. The van der Waals surface area contributed by atoms with Crippen molar-refractivity contribution in [2.24, 2.45) is 0 Å². The number of rotatable bonds is 2. The summed E-state index contributed by atoms with van der Waals surface area (Å²) >= 11 is 1.29. The third-order valence-corrected chi connectivity index (χ3v) is 3.41. The molecule has 1 aromatic carbocycles. The largest absolute Gasteiger partial charge is 0.479 e. The number of fused-ring (bicyclic) bond motifs is 1. The number of nitrogens with zero attached hydrogens (tertiary/aromatic N) is 2.